The molecular weight excluding hydrogens is 210 g/mol. The van der Waals surface area contributed by atoms with Gasteiger partial charge in [0.25, 0.3) is 0 Å². The van der Waals surface area contributed by atoms with E-state index in [4.69, 9.17) is 9.84 Å². The van der Waals surface area contributed by atoms with Crippen molar-refractivity contribution < 1.29 is 19.7 Å². The largest absolute Gasteiger partial charge is 0.481 e. The number of carboxylic acid groups (broad SMARTS) is 1. The molecule has 0 aliphatic heterocycles. The standard InChI is InChI=1S/C11H21NO4/c13-9(7-11(14)15)8-12-5-6-16-10-3-1-2-4-10/h9-10,12-13H,1-8H2,(H,14,15). The van der Waals surface area contributed by atoms with Gasteiger partial charge in [0.05, 0.1) is 25.2 Å². The molecule has 0 radical (unpaired) electrons. The van der Waals surface area contributed by atoms with Gasteiger partial charge in [0.2, 0.25) is 0 Å². The summed E-state index contributed by atoms with van der Waals surface area (Å²) in [7, 11) is 0. The van der Waals surface area contributed by atoms with Crippen molar-refractivity contribution in [3.63, 3.8) is 0 Å². The van der Waals surface area contributed by atoms with Crippen molar-refractivity contribution >= 4 is 5.97 Å². The zero-order valence-corrected chi connectivity index (χ0v) is 9.52. The van der Waals surface area contributed by atoms with Crippen molar-refractivity contribution in [2.45, 2.75) is 44.3 Å². The molecule has 1 saturated carbocycles. The Balaban J connectivity index is 1.89. The normalized spacial score (nSPS) is 18.8. The molecule has 5 nitrogen and oxygen atoms in total. The second-order valence-electron chi connectivity index (χ2n) is 4.23. The van der Waals surface area contributed by atoms with E-state index in [-0.39, 0.29) is 6.42 Å². The van der Waals surface area contributed by atoms with E-state index in [1.54, 1.807) is 0 Å². The Labute approximate surface area is 95.8 Å². The zero-order valence-electron chi connectivity index (χ0n) is 9.52. The minimum absolute atomic E-state index is 0.212. The molecular formula is C11H21NO4. The summed E-state index contributed by atoms with van der Waals surface area (Å²) in [6.45, 7) is 1.60. The summed E-state index contributed by atoms with van der Waals surface area (Å²) in [4.78, 5) is 10.3. The van der Waals surface area contributed by atoms with E-state index in [0.29, 0.717) is 25.8 Å². The summed E-state index contributed by atoms with van der Waals surface area (Å²) in [5.74, 6) is -0.975. The Morgan fingerprint density at radius 3 is 2.75 bits per heavy atom. The highest BCUT2D eigenvalue weighted by Gasteiger charge is 2.14. The number of carboxylic acids is 1. The average molecular weight is 231 g/mol. The van der Waals surface area contributed by atoms with Gasteiger partial charge in [0.1, 0.15) is 0 Å². The van der Waals surface area contributed by atoms with Gasteiger partial charge in [-0.2, -0.15) is 0 Å². The zero-order chi connectivity index (χ0) is 11.8. The lowest BCUT2D eigenvalue weighted by Gasteiger charge is -2.12. The van der Waals surface area contributed by atoms with Crippen molar-refractivity contribution in [1.29, 1.82) is 0 Å². The van der Waals surface area contributed by atoms with Gasteiger partial charge in [-0.05, 0) is 12.8 Å². The van der Waals surface area contributed by atoms with Crippen LogP contribution in [0.25, 0.3) is 0 Å². The van der Waals surface area contributed by atoms with Crippen LogP contribution < -0.4 is 5.32 Å². The highest BCUT2D eigenvalue weighted by molar-refractivity contribution is 5.67. The Bertz CT molecular complexity index is 204. The lowest BCUT2D eigenvalue weighted by Crippen LogP contribution is -2.31. The number of carbonyl (C=O) groups is 1. The fourth-order valence-corrected chi connectivity index (χ4v) is 1.90. The molecule has 94 valence electrons. The summed E-state index contributed by atoms with van der Waals surface area (Å²) < 4.78 is 5.61. The Morgan fingerprint density at radius 2 is 2.12 bits per heavy atom. The van der Waals surface area contributed by atoms with Gasteiger partial charge in [-0.15, -0.1) is 0 Å². The third kappa shape index (κ3) is 6.05. The van der Waals surface area contributed by atoms with Crippen molar-refractivity contribution in [1.82, 2.24) is 5.32 Å². The van der Waals surface area contributed by atoms with Crippen molar-refractivity contribution in [3.8, 4) is 0 Å². The maximum atomic E-state index is 10.3. The number of aliphatic hydroxyl groups is 1. The number of aliphatic carboxylic acids is 1. The van der Waals surface area contributed by atoms with Crippen LogP contribution in [0.2, 0.25) is 0 Å². The highest BCUT2D eigenvalue weighted by atomic mass is 16.5. The molecule has 0 saturated heterocycles. The van der Waals surface area contributed by atoms with Crippen molar-refractivity contribution in [2.75, 3.05) is 19.7 Å². The number of rotatable bonds is 8. The predicted molar refractivity (Wildman–Crippen MR) is 59.3 cm³/mol. The molecule has 1 rings (SSSR count). The molecule has 1 aliphatic rings. The summed E-state index contributed by atoms with van der Waals surface area (Å²) in [6, 6.07) is 0. The lowest BCUT2D eigenvalue weighted by atomic mass is 10.2. The predicted octanol–water partition coefficient (Wildman–Crippen LogP) is 0.371. The molecule has 0 amide bonds. The van der Waals surface area contributed by atoms with Gasteiger partial charge < -0.3 is 20.3 Å². The number of nitrogens with one attached hydrogen (secondary N) is 1. The van der Waals surface area contributed by atoms with E-state index in [9.17, 15) is 9.90 Å². The van der Waals surface area contributed by atoms with Crippen LogP contribution in [0, 0.1) is 0 Å². The summed E-state index contributed by atoms with van der Waals surface area (Å²) in [5.41, 5.74) is 0. The maximum absolute atomic E-state index is 10.3. The van der Waals surface area contributed by atoms with Gasteiger partial charge in [-0.3, -0.25) is 4.79 Å². The topological polar surface area (TPSA) is 78.8 Å². The van der Waals surface area contributed by atoms with Gasteiger partial charge in [-0.25, -0.2) is 0 Å². The summed E-state index contributed by atoms with van der Waals surface area (Å²) in [5, 5.41) is 20.6. The van der Waals surface area contributed by atoms with E-state index in [0.717, 1.165) is 12.8 Å². The number of hydrogen-bond acceptors (Lipinski definition) is 4. The molecule has 3 N–H and O–H groups in total. The first-order chi connectivity index (χ1) is 7.68. The Morgan fingerprint density at radius 1 is 1.44 bits per heavy atom. The first kappa shape index (κ1) is 13.4. The average Bonchev–Trinajstić information content (AvgIpc) is 2.68. The van der Waals surface area contributed by atoms with E-state index in [2.05, 4.69) is 5.32 Å². The van der Waals surface area contributed by atoms with E-state index < -0.39 is 12.1 Å². The highest BCUT2D eigenvalue weighted by Crippen LogP contribution is 2.20. The van der Waals surface area contributed by atoms with Gasteiger partial charge >= 0.3 is 5.97 Å². The van der Waals surface area contributed by atoms with Crippen molar-refractivity contribution in [3.05, 3.63) is 0 Å². The Kier molecular flexibility index (Phi) is 6.37. The molecule has 16 heavy (non-hydrogen) atoms. The van der Waals surface area contributed by atoms with E-state index >= 15 is 0 Å². The van der Waals surface area contributed by atoms with Crippen LogP contribution in [-0.2, 0) is 9.53 Å². The monoisotopic (exact) mass is 231 g/mol. The third-order valence-corrected chi connectivity index (χ3v) is 2.72. The molecule has 0 aromatic rings. The fourth-order valence-electron chi connectivity index (χ4n) is 1.90. The molecule has 1 unspecified atom stereocenters. The number of hydrogen-bond donors (Lipinski definition) is 3. The van der Waals surface area contributed by atoms with Gasteiger partial charge in [-0.1, -0.05) is 12.8 Å². The number of aliphatic hydroxyl groups excluding tert-OH is 1. The van der Waals surface area contributed by atoms with Crippen LogP contribution in [0.4, 0.5) is 0 Å². The smallest absolute Gasteiger partial charge is 0.306 e. The molecule has 0 aromatic carbocycles. The van der Waals surface area contributed by atoms with Crippen LogP contribution in [0.15, 0.2) is 0 Å². The quantitative estimate of drug-likeness (QED) is 0.526. The molecule has 0 spiro atoms. The minimum Gasteiger partial charge on any atom is -0.481 e. The van der Waals surface area contributed by atoms with E-state index in [1.807, 2.05) is 0 Å². The first-order valence-electron chi connectivity index (χ1n) is 5.90. The Hall–Kier alpha value is -0.650. The first-order valence-corrected chi connectivity index (χ1v) is 5.90. The molecule has 1 atom stereocenters. The van der Waals surface area contributed by atoms with Crippen LogP contribution in [-0.4, -0.2) is 48.1 Å². The maximum Gasteiger partial charge on any atom is 0.306 e. The molecule has 1 aliphatic carbocycles. The fraction of sp³-hybridized carbons (Fsp3) is 0.909. The number of ether oxygens (including phenoxy) is 1. The minimum atomic E-state index is -0.975. The van der Waals surface area contributed by atoms with Crippen LogP contribution >= 0.6 is 0 Å². The van der Waals surface area contributed by atoms with Gasteiger partial charge in [0.15, 0.2) is 0 Å². The van der Waals surface area contributed by atoms with Crippen molar-refractivity contribution in [2.24, 2.45) is 0 Å². The second-order valence-corrected chi connectivity index (χ2v) is 4.23. The molecule has 0 bridgehead atoms. The molecule has 1 fully saturated rings. The van der Waals surface area contributed by atoms with Gasteiger partial charge in [0, 0.05) is 13.1 Å². The summed E-state index contributed by atoms with van der Waals surface area (Å²) >= 11 is 0. The second kappa shape index (κ2) is 7.60. The molecule has 5 heteroatoms. The van der Waals surface area contributed by atoms with Crippen LogP contribution in [0.1, 0.15) is 32.1 Å². The SMILES string of the molecule is O=C(O)CC(O)CNCCOC1CCCC1. The lowest BCUT2D eigenvalue weighted by molar-refractivity contribution is -0.139. The third-order valence-electron chi connectivity index (χ3n) is 2.72. The van der Waals surface area contributed by atoms with Crippen LogP contribution in [0.3, 0.4) is 0 Å². The summed E-state index contributed by atoms with van der Waals surface area (Å²) in [6.07, 6.45) is 4.21. The molecule has 0 aromatic heterocycles. The van der Waals surface area contributed by atoms with Crippen LogP contribution in [0.5, 0.6) is 0 Å². The van der Waals surface area contributed by atoms with E-state index in [1.165, 1.54) is 12.8 Å². The molecule has 0 heterocycles.